The molecule has 2 rings (SSSR count). The molecular weight excluding hydrogens is 240 g/mol. The van der Waals surface area contributed by atoms with Gasteiger partial charge in [0.2, 0.25) is 0 Å². The van der Waals surface area contributed by atoms with Crippen molar-refractivity contribution in [3.63, 3.8) is 0 Å². The third-order valence-electron chi connectivity index (χ3n) is 4.13. The molecule has 1 aromatic rings. The van der Waals surface area contributed by atoms with Crippen LogP contribution in [0.5, 0.6) is 0 Å². The summed E-state index contributed by atoms with van der Waals surface area (Å²) in [5.74, 6) is -0.00720. The molecule has 1 N–H and O–H groups in total. The lowest BCUT2D eigenvalue weighted by Gasteiger charge is -2.34. The number of aromatic nitrogens is 2. The number of likely N-dealkylation sites (N-methyl/N-ethyl adjacent to an activating group) is 1. The number of aryl methyl sites for hydroxylation is 1. The second-order valence-electron chi connectivity index (χ2n) is 5.26. The van der Waals surface area contributed by atoms with Crippen LogP contribution in [0.15, 0.2) is 6.20 Å². The van der Waals surface area contributed by atoms with Crippen LogP contribution < -0.4 is 5.32 Å². The van der Waals surface area contributed by atoms with E-state index in [2.05, 4.69) is 22.2 Å². The third-order valence-corrected chi connectivity index (χ3v) is 4.13. The Balaban J connectivity index is 1.91. The Morgan fingerprint density at radius 2 is 2.32 bits per heavy atom. The molecule has 0 bridgehead atoms. The molecular formula is C14H24N4O. The average Bonchev–Trinajstić information content (AvgIpc) is 2.77. The van der Waals surface area contributed by atoms with Crippen molar-refractivity contribution in [2.45, 2.75) is 39.2 Å². The van der Waals surface area contributed by atoms with Crippen LogP contribution in [0, 0.1) is 6.92 Å². The lowest BCUT2D eigenvalue weighted by Crippen LogP contribution is -2.46. The maximum absolute atomic E-state index is 12.1. The minimum absolute atomic E-state index is 0.00720. The van der Waals surface area contributed by atoms with Crippen LogP contribution in [0.25, 0.3) is 0 Å². The topological polar surface area (TPSA) is 50.2 Å². The highest BCUT2D eigenvalue weighted by atomic mass is 16.1. The number of nitrogens with zero attached hydrogens (tertiary/aromatic N) is 3. The smallest absolute Gasteiger partial charge is 0.254 e. The maximum Gasteiger partial charge on any atom is 0.254 e. The first-order valence-corrected chi connectivity index (χ1v) is 7.14. The molecule has 0 radical (unpaired) electrons. The van der Waals surface area contributed by atoms with Crippen molar-refractivity contribution in [1.82, 2.24) is 20.0 Å². The molecule has 0 saturated carbocycles. The number of nitrogens with one attached hydrogen (secondary N) is 1. The van der Waals surface area contributed by atoms with E-state index in [9.17, 15) is 4.79 Å². The molecule has 0 unspecified atom stereocenters. The first-order valence-electron chi connectivity index (χ1n) is 7.14. The number of piperidine rings is 1. The molecule has 0 aromatic carbocycles. The molecule has 19 heavy (non-hydrogen) atoms. The highest BCUT2D eigenvalue weighted by Gasteiger charge is 2.22. The zero-order valence-electron chi connectivity index (χ0n) is 12.1. The quantitative estimate of drug-likeness (QED) is 0.892. The summed E-state index contributed by atoms with van der Waals surface area (Å²) in [5.41, 5.74) is 1.59. The maximum atomic E-state index is 12.1. The molecule has 1 aliphatic rings. The largest absolute Gasteiger partial charge is 0.350 e. The van der Waals surface area contributed by atoms with Crippen LogP contribution in [0.4, 0.5) is 0 Å². The van der Waals surface area contributed by atoms with Gasteiger partial charge >= 0.3 is 0 Å². The third kappa shape index (κ3) is 3.15. The Hall–Kier alpha value is -1.36. The highest BCUT2D eigenvalue weighted by Crippen LogP contribution is 2.16. The van der Waals surface area contributed by atoms with E-state index in [1.807, 2.05) is 14.0 Å². The first kappa shape index (κ1) is 14.1. The van der Waals surface area contributed by atoms with Crippen LogP contribution >= 0.6 is 0 Å². The Labute approximate surface area is 115 Å². The predicted octanol–water partition coefficient (Wildman–Crippen LogP) is 1.33. The molecule has 1 fully saturated rings. The van der Waals surface area contributed by atoms with Crippen molar-refractivity contribution < 1.29 is 4.79 Å². The van der Waals surface area contributed by atoms with Crippen molar-refractivity contribution >= 4 is 5.91 Å². The molecule has 2 heterocycles. The van der Waals surface area contributed by atoms with Gasteiger partial charge < -0.3 is 5.32 Å². The summed E-state index contributed by atoms with van der Waals surface area (Å²) in [6.07, 6.45) is 5.37. The van der Waals surface area contributed by atoms with E-state index >= 15 is 0 Å². The number of hydrogen-bond acceptors (Lipinski definition) is 3. The van der Waals surface area contributed by atoms with Crippen LogP contribution in [0.2, 0.25) is 0 Å². The molecule has 0 aliphatic carbocycles. The normalized spacial score (nSPS) is 20.5. The summed E-state index contributed by atoms with van der Waals surface area (Å²) in [6, 6.07) is 0.486. The van der Waals surface area contributed by atoms with Crippen LogP contribution in [-0.2, 0) is 7.05 Å². The second kappa shape index (κ2) is 6.19. The summed E-state index contributed by atoms with van der Waals surface area (Å²) in [5, 5.41) is 7.16. The van der Waals surface area contributed by atoms with Gasteiger partial charge in [0.15, 0.2) is 0 Å². The fraction of sp³-hybridized carbons (Fsp3) is 0.714. The molecule has 1 amide bonds. The summed E-state index contributed by atoms with van der Waals surface area (Å²) >= 11 is 0. The monoisotopic (exact) mass is 264 g/mol. The van der Waals surface area contributed by atoms with Crippen LogP contribution in [-0.4, -0.2) is 46.3 Å². The number of rotatable bonds is 4. The number of likely N-dealkylation sites (tertiary alicyclic amines) is 1. The minimum atomic E-state index is -0.00720. The molecule has 106 valence electrons. The lowest BCUT2D eigenvalue weighted by atomic mass is 10.0. The molecule has 5 heteroatoms. The van der Waals surface area contributed by atoms with Gasteiger partial charge in [-0.05, 0) is 32.9 Å². The standard InChI is InChI=1S/C14H24N4O/c1-4-18-8-6-5-7-12(18)9-15-14(19)13-10-16-17(3)11(13)2/h10,12H,4-9H2,1-3H3,(H,15,19)/t12-/m0/s1. The summed E-state index contributed by atoms with van der Waals surface area (Å²) < 4.78 is 1.73. The molecule has 1 saturated heterocycles. The van der Waals surface area contributed by atoms with E-state index in [4.69, 9.17) is 0 Å². The van der Waals surface area contributed by atoms with Crippen molar-refractivity contribution in [2.24, 2.45) is 7.05 Å². The number of carbonyl (C=O) groups excluding carboxylic acids is 1. The summed E-state index contributed by atoms with van der Waals surface area (Å²) in [6.45, 7) is 7.06. The van der Waals surface area contributed by atoms with Crippen LogP contribution in [0.3, 0.4) is 0 Å². The average molecular weight is 264 g/mol. The zero-order valence-corrected chi connectivity index (χ0v) is 12.1. The number of hydrogen-bond donors (Lipinski definition) is 1. The van der Waals surface area contributed by atoms with Gasteiger partial charge in [0.1, 0.15) is 0 Å². The van der Waals surface area contributed by atoms with E-state index in [-0.39, 0.29) is 5.91 Å². The fourth-order valence-corrected chi connectivity index (χ4v) is 2.73. The summed E-state index contributed by atoms with van der Waals surface area (Å²) in [7, 11) is 1.85. The number of amides is 1. The van der Waals surface area contributed by atoms with E-state index in [1.165, 1.54) is 19.3 Å². The van der Waals surface area contributed by atoms with Crippen molar-refractivity contribution in [2.75, 3.05) is 19.6 Å². The highest BCUT2D eigenvalue weighted by molar-refractivity contribution is 5.95. The van der Waals surface area contributed by atoms with Gasteiger partial charge in [-0.15, -0.1) is 0 Å². The van der Waals surface area contributed by atoms with Gasteiger partial charge in [0, 0.05) is 25.3 Å². The van der Waals surface area contributed by atoms with E-state index in [0.29, 0.717) is 11.6 Å². The summed E-state index contributed by atoms with van der Waals surface area (Å²) in [4.78, 5) is 14.6. The van der Waals surface area contributed by atoms with Crippen molar-refractivity contribution in [3.05, 3.63) is 17.5 Å². The number of carbonyl (C=O) groups is 1. The Bertz CT molecular complexity index is 441. The van der Waals surface area contributed by atoms with E-state index in [0.717, 1.165) is 25.3 Å². The molecule has 1 aromatic heterocycles. The van der Waals surface area contributed by atoms with E-state index < -0.39 is 0 Å². The Morgan fingerprint density at radius 3 is 2.95 bits per heavy atom. The van der Waals surface area contributed by atoms with Gasteiger partial charge in [-0.3, -0.25) is 14.4 Å². The SMILES string of the molecule is CCN1CCCC[C@H]1CNC(=O)c1cnn(C)c1C. The molecule has 0 spiro atoms. The minimum Gasteiger partial charge on any atom is -0.350 e. The van der Waals surface area contributed by atoms with Gasteiger partial charge in [-0.2, -0.15) is 5.10 Å². The van der Waals surface area contributed by atoms with Gasteiger partial charge in [-0.1, -0.05) is 13.3 Å². The van der Waals surface area contributed by atoms with Gasteiger partial charge in [0.05, 0.1) is 11.8 Å². The Morgan fingerprint density at radius 1 is 1.53 bits per heavy atom. The zero-order chi connectivity index (χ0) is 13.8. The fourth-order valence-electron chi connectivity index (χ4n) is 2.73. The molecule has 5 nitrogen and oxygen atoms in total. The van der Waals surface area contributed by atoms with E-state index in [1.54, 1.807) is 10.9 Å². The van der Waals surface area contributed by atoms with Gasteiger partial charge in [0.25, 0.3) is 5.91 Å². The second-order valence-corrected chi connectivity index (χ2v) is 5.26. The first-order chi connectivity index (χ1) is 9.13. The Kier molecular flexibility index (Phi) is 4.58. The lowest BCUT2D eigenvalue weighted by molar-refractivity contribution is 0.0917. The molecule has 1 atom stereocenters. The predicted molar refractivity (Wildman–Crippen MR) is 75.2 cm³/mol. The van der Waals surface area contributed by atoms with Gasteiger partial charge in [-0.25, -0.2) is 0 Å². The van der Waals surface area contributed by atoms with Crippen molar-refractivity contribution in [3.8, 4) is 0 Å². The van der Waals surface area contributed by atoms with Crippen LogP contribution in [0.1, 0.15) is 42.2 Å². The van der Waals surface area contributed by atoms with Crippen molar-refractivity contribution in [1.29, 1.82) is 0 Å². The molecule has 1 aliphatic heterocycles.